The minimum atomic E-state index is -3.50. The third-order valence-corrected chi connectivity index (χ3v) is 9.36. The molecule has 1 aromatic rings. The monoisotopic (exact) mass is 525 g/mol. The molecule has 4 fully saturated rings. The first kappa shape index (κ1) is 24.8. The molecular formula is C23H32ClN5O5S. The molecule has 4 aliphatic rings. The van der Waals surface area contributed by atoms with Crippen LogP contribution in [0.1, 0.15) is 37.7 Å². The number of rotatable bonds is 4. The molecule has 192 valence electrons. The van der Waals surface area contributed by atoms with E-state index in [1.807, 2.05) is 4.90 Å². The van der Waals surface area contributed by atoms with Crippen molar-refractivity contribution in [3.8, 4) is 0 Å². The maximum Gasteiger partial charge on any atom is 0.410 e. The predicted octanol–water partition coefficient (Wildman–Crippen LogP) is 1.45. The first-order valence-corrected chi connectivity index (χ1v) is 14.4. The molecule has 35 heavy (non-hydrogen) atoms. The van der Waals surface area contributed by atoms with Gasteiger partial charge in [0.25, 0.3) is 0 Å². The highest BCUT2D eigenvalue weighted by Gasteiger charge is 2.49. The number of ether oxygens (including phenoxy) is 1. The summed E-state index contributed by atoms with van der Waals surface area (Å²) in [4.78, 5) is 29.4. The van der Waals surface area contributed by atoms with Crippen LogP contribution in [0.4, 0.5) is 4.79 Å². The van der Waals surface area contributed by atoms with Crippen molar-refractivity contribution in [3.05, 3.63) is 28.8 Å². The van der Waals surface area contributed by atoms with Crippen molar-refractivity contribution < 1.29 is 22.7 Å². The second kappa shape index (κ2) is 9.51. The average molecular weight is 526 g/mol. The van der Waals surface area contributed by atoms with Gasteiger partial charge < -0.3 is 14.5 Å². The van der Waals surface area contributed by atoms with Crippen molar-refractivity contribution in [1.29, 1.82) is 0 Å². The van der Waals surface area contributed by atoms with Gasteiger partial charge >= 0.3 is 6.09 Å². The molecule has 2 amide bonds. The van der Waals surface area contributed by atoms with E-state index >= 15 is 0 Å². The first-order valence-electron chi connectivity index (χ1n) is 12.1. The van der Waals surface area contributed by atoms with Crippen LogP contribution in [-0.4, -0.2) is 74.7 Å². The van der Waals surface area contributed by atoms with Crippen LogP contribution in [0.25, 0.3) is 0 Å². The normalized spacial score (nSPS) is 27.9. The molecule has 0 radical (unpaired) electrons. The molecule has 3 saturated heterocycles. The number of nitrogens with one attached hydrogen (secondary N) is 3. The van der Waals surface area contributed by atoms with Crippen LogP contribution < -0.4 is 16.4 Å². The van der Waals surface area contributed by atoms with E-state index in [4.69, 9.17) is 16.3 Å². The quantitative estimate of drug-likeness (QED) is 0.540. The molecule has 5 rings (SSSR count). The third-order valence-electron chi connectivity index (χ3n) is 7.94. The molecule has 12 heteroatoms. The van der Waals surface area contributed by atoms with Gasteiger partial charge in [0.1, 0.15) is 6.61 Å². The predicted molar refractivity (Wildman–Crippen MR) is 129 cm³/mol. The van der Waals surface area contributed by atoms with Gasteiger partial charge in [-0.1, -0.05) is 17.7 Å². The first-order chi connectivity index (χ1) is 16.6. The van der Waals surface area contributed by atoms with Gasteiger partial charge in [0.05, 0.1) is 4.90 Å². The zero-order valence-corrected chi connectivity index (χ0v) is 21.3. The molecule has 3 unspecified atom stereocenters. The van der Waals surface area contributed by atoms with Gasteiger partial charge in [-0.3, -0.25) is 4.79 Å². The third kappa shape index (κ3) is 5.15. The van der Waals surface area contributed by atoms with Crippen molar-refractivity contribution in [3.63, 3.8) is 0 Å². The summed E-state index contributed by atoms with van der Waals surface area (Å²) in [5.41, 5.74) is 9.87. The highest BCUT2D eigenvalue weighted by Crippen LogP contribution is 2.42. The minimum absolute atomic E-state index is 0.0688. The fourth-order valence-electron chi connectivity index (χ4n) is 5.84. The second-order valence-corrected chi connectivity index (χ2v) is 12.8. The Morgan fingerprint density at radius 1 is 1.11 bits per heavy atom. The molecule has 0 aromatic heterocycles. The maximum atomic E-state index is 13.0. The van der Waals surface area contributed by atoms with Crippen LogP contribution >= 0.6 is 11.6 Å². The van der Waals surface area contributed by atoms with E-state index in [9.17, 15) is 18.0 Å². The highest BCUT2D eigenvalue weighted by atomic mass is 35.5. The molecule has 3 atom stereocenters. The van der Waals surface area contributed by atoms with Gasteiger partial charge in [0.2, 0.25) is 5.91 Å². The number of hydrogen-bond acceptors (Lipinski definition) is 8. The van der Waals surface area contributed by atoms with E-state index in [0.717, 1.165) is 51.4 Å². The van der Waals surface area contributed by atoms with Crippen molar-refractivity contribution in [2.24, 2.45) is 11.3 Å². The minimum Gasteiger partial charge on any atom is -0.444 e. The van der Waals surface area contributed by atoms with E-state index in [2.05, 4.69) is 16.4 Å². The van der Waals surface area contributed by atoms with Crippen molar-refractivity contribution >= 4 is 33.4 Å². The van der Waals surface area contributed by atoms with Crippen LogP contribution in [-0.2, 0) is 26.0 Å². The lowest BCUT2D eigenvalue weighted by atomic mass is 9.71. The molecular weight excluding hydrogens is 494 g/mol. The van der Waals surface area contributed by atoms with Gasteiger partial charge in [-0.05, 0) is 44.2 Å². The van der Waals surface area contributed by atoms with E-state index in [-0.39, 0.29) is 28.7 Å². The zero-order chi connectivity index (χ0) is 24.8. The number of nitrogens with zero attached hydrogens (tertiary/aromatic N) is 2. The molecule has 3 N–H and O–H groups in total. The van der Waals surface area contributed by atoms with Crippen LogP contribution in [0.5, 0.6) is 0 Å². The number of benzene rings is 1. The van der Waals surface area contributed by atoms with Crippen molar-refractivity contribution in [2.75, 3.05) is 32.4 Å². The number of sulfone groups is 1. The van der Waals surface area contributed by atoms with Crippen LogP contribution in [0.3, 0.4) is 0 Å². The number of carbonyl (C=O) groups excluding carboxylic acids is 2. The maximum absolute atomic E-state index is 13.0. The van der Waals surface area contributed by atoms with Gasteiger partial charge in [0, 0.05) is 66.4 Å². The average Bonchev–Trinajstić information content (AvgIpc) is 3.28. The number of amides is 2. The number of carbonyl (C=O) groups is 2. The fraction of sp³-hybridized carbons (Fsp3) is 0.652. The largest absolute Gasteiger partial charge is 0.444 e. The van der Waals surface area contributed by atoms with E-state index in [1.54, 1.807) is 17.0 Å². The molecule has 3 heterocycles. The highest BCUT2D eigenvalue weighted by molar-refractivity contribution is 7.90. The number of halogens is 1. The Kier molecular flexibility index (Phi) is 6.73. The Morgan fingerprint density at radius 2 is 1.83 bits per heavy atom. The summed E-state index contributed by atoms with van der Waals surface area (Å²) in [6, 6.07) is 5.21. The Bertz CT molecular complexity index is 1100. The van der Waals surface area contributed by atoms with Crippen LogP contribution in [0.2, 0.25) is 5.02 Å². The molecule has 1 spiro atoms. The summed E-state index contributed by atoms with van der Waals surface area (Å²) in [6.45, 7) is 2.51. The van der Waals surface area contributed by atoms with Crippen molar-refractivity contribution in [2.45, 2.75) is 55.7 Å². The van der Waals surface area contributed by atoms with Crippen LogP contribution in [0.15, 0.2) is 23.1 Å². The molecule has 0 bridgehead atoms. The summed E-state index contributed by atoms with van der Waals surface area (Å²) in [6.07, 6.45) is 5.04. The number of likely N-dealkylation sites (tertiary alicyclic amines) is 2. The Morgan fingerprint density at radius 3 is 2.54 bits per heavy atom. The molecule has 3 aliphatic heterocycles. The van der Waals surface area contributed by atoms with E-state index in [1.165, 1.54) is 6.07 Å². The summed E-state index contributed by atoms with van der Waals surface area (Å²) in [7, 11) is -3.50. The van der Waals surface area contributed by atoms with Gasteiger partial charge in [-0.25, -0.2) is 24.1 Å². The Labute approximate surface area is 210 Å². The molecule has 1 aliphatic carbocycles. The Balaban J connectivity index is 1.09. The summed E-state index contributed by atoms with van der Waals surface area (Å²) in [5, 5.41) is 0.312. The standard InChI is InChI=1S/C23H32ClN5O5S/c1-35(32,33)20-11-17(24)4-2-16(20)12-34-22(31)28-8-6-23(7-9-28)13-29(14-23)21(30)15-3-5-18-19(10-15)26-27-25-18/h2,4,11,15,18-19,25-27H,3,5-10,12-14H2,1H3. The van der Waals surface area contributed by atoms with E-state index in [0.29, 0.717) is 35.8 Å². The lowest BCUT2D eigenvalue weighted by Gasteiger charge is -2.54. The summed E-state index contributed by atoms with van der Waals surface area (Å²) >= 11 is 5.94. The molecule has 1 aromatic carbocycles. The second-order valence-electron chi connectivity index (χ2n) is 10.4. The number of hydrogen-bond donors (Lipinski definition) is 3. The van der Waals surface area contributed by atoms with E-state index < -0.39 is 15.9 Å². The van der Waals surface area contributed by atoms with Crippen LogP contribution in [0, 0.1) is 11.3 Å². The van der Waals surface area contributed by atoms with Crippen molar-refractivity contribution in [1.82, 2.24) is 26.2 Å². The SMILES string of the molecule is CS(=O)(=O)c1cc(Cl)ccc1COC(=O)N1CCC2(CC1)CN(C(=O)C1CCC3NNNC3C1)C2. The Hall–Kier alpha value is -1.92. The lowest BCUT2D eigenvalue weighted by Crippen LogP contribution is -2.63. The summed E-state index contributed by atoms with van der Waals surface area (Å²) < 4.78 is 29.5. The van der Waals surface area contributed by atoms with Gasteiger partial charge in [-0.2, -0.15) is 5.53 Å². The fourth-order valence-corrected chi connectivity index (χ4v) is 7.02. The molecule has 10 nitrogen and oxygen atoms in total. The lowest BCUT2D eigenvalue weighted by molar-refractivity contribution is -0.152. The number of hydrazine groups is 2. The topological polar surface area (TPSA) is 120 Å². The van der Waals surface area contributed by atoms with Gasteiger partial charge in [-0.15, -0.1) is 0 Å². The smallest absolute Gasteiger partial charge is 0.410 e. The summed E-state index contributed by atoms with van der Waals surface area (Å²) in [5.74, 6) is 0.330. The zero-order valence-electron chi connectivity index (χ0n) is 19.8. The number of piperidine rings is 1. The van der Waals surface area contributed by atoms with Gasteiger partial charge in [0.15, 0.2) is 9.84 Å². The number of fused-ring (bicyclic) bond motifs is 1. The molecule has 1 saturated carbocycles.